The van der Waals surface area contributed by atoms with Crippen LogP contribution < -0.4 is 4.74 Å². The molecule has 3 aromatic rings. The van der Waals surface area contributed by atoms with Crippen molar-refractivity contribution in [1.82, 2.24) is 14.8 Å². The van der Waals surface area contributed by atoms with Gasteiger partial charge in [0.25, 0.3) is 0 Å². The Balaban J connectivity index is 1.94. The van der Waals surface area contributed by atoms with E-state index in [-0.39, 0.29) is 10.6 Å². The lowest BCUT2D eigenvalue weighted by molar-refractivity contribution is -0.165. The van der Waals surface area contributed by atoms with Gasteiger partial charge in [-0.3, -0.25) is 0 Å². The molecule has 1 aromatic heterocycles. The van der Waals surface area contributed by atoms with Crippen LogP contribution in [0.25, 0.3) is 0 Å². The van der Waals surface area contributed by atoms with Crippen LogP contribution in [-0.2, 0) is 10.4 Å². The zero-order valence-electron chi connectivity index (χ0n) is 14.1. The summed E-state index contributed by atoms with van der Waals surface area (Å²) in [7, 11) is 0. The van der Waals surface area contributed by atoms with E-state index < -0.39 is 17.6 Å². The summed E-state index contributed by atoms with van der Waals surface area (Å²) >= 11 is 12.1. The maximum atomic E-state index is 11.9. The van der Waals surface area contributed by atoms with Gasteiger partial charge in [-0.15, -0.1) is 0 Å². The minimum absolute atomic E-state index is 0.0168. The highest BCUT2D eigenvalue weighted by molar-refractivity contribution is 6.32. The fourth-order valence-corrected chi connectivity index (χ4v) is 3.08. The van der Waals surface area contributed by atoms with Crippen LogP contribution in [-0.4, -0.2) is 30.9 Å². The normalized spacial score (nSPS) is 14.4. The minimum Gasteiger partial charge on any atom is -0.479 e. The van der Waals surface area contributed by atoms with Crippen LogP contribution in [0.3, 0.4) is 0 Å². The molecular formula is C18H15Cl2N3O4. The molecule has 0 spiro atoms. The van der Waals surface area contributed by atoms with E-state index in [9.17, 15) is 15.0 Å². The Bertz CT molecular complexity index is 948. The number of carbonyl (C=O) groups is 1. The fraction of sp³-hybridized carbons (Fsp3) is 0.167. The smallest absolute Gasteiger partial charge is 0.342 e. The van der Waals surface area contributed by atoms with Gasteiger partial charge in [-0.05, 0) is 43.3 Å². The van der Waals surface area contributed by atoms with Crippen molar-refractivity contribution in [2.24, 2.45) is 0 Å². The number of nitrogens with zero attached hydrogens (tertiary/aromatic N) is 3. The molecule has 2 atom stereocenters. The number of hydrogen-bond acceptors (Lipinski definition) is 5. The Kier molecular flexibility index (Phi) is 5.36. The molecule has 2 aromatic carbocycles. The van der Waals surface area contributed by atoms with Crippen LogP contribution in [0.2, 0.25) is 10.0 Å². The predicted octanol–water partition coefficient (Wildman–Crippen LogP) is 3.91. The molecule has 2 unspecified atom stereocenters. The van der Waals surface area contributed by atoms with Crippen LogP contribution in [0, 0.1) is 0 Å². The Labute approximate surface area is 164 Å². The standard InChI is InChI=1S/C18H15Cl2N3O4/c1-11(23-10-21-9-22-23)18(26,17(24)25)15-7-6-14(8-16(15)20)27-13-4-2-12(19)3-5-13/h2-11,26H,1H3,(H,24,25). The number of halogens is 2. The van der Waals surface area contributed by atoms with Gasteiger partial charge in [-0.25, -0.2) is 14.5 Å². The van der Waals surface area contributed by atoms with Gasteiger partial charge in [-0.2, -0.15) is 5.10 Å². The first-order valence-electron chi connectivity index (χ1n) is 7.85. The minimum atomic E-state index is -2.32. The van der Waals surface area contributed by atoms with Gasteiger partial charge in [-0.1, -0.05) is 29.3 Å². The van der Waals surface area contributed by atoms with E-state index in [1.807, 2.05) is 0 Å². The number of rotatable bonds is 6. The average molecular weight is 408 g/mol. The number of carboxylic acid groups (broad SMARTS) is 1. The highest BCUT2D eigenvalue weighted by atomic mass is 35.5. The van der Waals surface area contributed by atoms with Crippen molar-refractivity contribution < 1.29 is 19.7 Å². The van der Waals surface area contributed by atoms with Crippen LogP contribution in [0.15, 0.2) is 55.1 Å². The maximum Gasteiger partial charge on any atom is 0.342 e. The van der Waals surface area contributed by atoms with Crippen LogP contribution in [0.1, 0.15) is 18.5 Å². The van der Waals surface area contributed by atoms with Crippen molar-refractivity contribution in [1.29, 1.82) is 0 Å². The summed E-state index contributed by atoms with van der Waals surface area (Å²) in [4.78, 5) is 15.7. The van der Waals surface area contributed by atoms with E-state index in [1.54, 1.807) is 24.3 Å². The lowest BCUT2D eigenvalue weighted by Gasteiger charge is -2.31. The molecule has 0 saturated heterocycles. The molecule has 3 rings (SSSR count). The molecule has 7 nitrogen and oxygen atoms in total. The van der Waals surface area contributed by atoms with E-state index in [2.05, 4.69) is 10.1 Å². The fourth-order valence-electron chi connectivity index (χ4n) is 2.63. The van der Waals surface area contributed by atoms with Crippen molar-refractivity contribution in [2.45, 2.75) is 18.6 Å². The highest BCUT2D eigenvalue weighted by Crippen LogP contribution is 2.39. The summed E-state index contributed by atoms with van der Waals surface area (Å²) in [6.45, 7) is 1.51. The number of ether oxygens (including phenoxy) is 1. The lowest BCUT2D eigenvalue weighted by Crippen LogP contribution is -2.43. The summed E-state index contributed by atoms with van der Waals surface area (Å²) < 4.78 is 6.93. The molecule has 0 aliphatic rings. The van der Waals surface area contributed by atoms with E-state index in [4.69, 9.17) is 27.9 Å². The number of aromatic nitrogens is 3. The molecule has 140 valence electrons. The van der Waals surface area contributed by atoms with Gasteiger partial charge < -0.3 is 14.9 Å². The third-order valence-electron chi connectivity index (χ3n) is 4.16. The third-order valence-corrected chi connectivity index (χ3v) is 4.73. The largest absolute Gasteiger partial charge is 0.479 e. The summed E-state index contributed by atoms with van der Waals surface area (Å²) in [5.41, 5.74) is -2.30. The van der Waals surface area contributed by atoms with Gasteiger partial charge in [0.2, 0.25) is 5.60 Å². The Morgan fingerprint density at radius 3 is 2.41 bits per heavy atom. The van der Waals surface area contributed by atoms with Crippen molar-refractivity contribution in [2.75, 3.05) is 0 Å². The van der Waals surface area contributed by atoms with Crippen LogP contribution in [0.5, 0.6) is 11.5 Å². The number of hydrogen-bond donors (Lipinski definition) is 2. The van der Waals surface area contributed by atoms with Gasteiger partial charge in [0, 0.05) is 10.6 Å². The van der Waals surface area contributed by atoms with E-state index in [1.165, 1.54) is 42.5 Å². The van der Waals surface area contributed by atoms with E-state index in [0.717, 1.165) is 0 Å². The zero-order chi connectivity index (χ0) is 19.6. The zero-order valence-corrected chi connectivity index (χ0v) is 15.6. The molecule has 27 heavy (non-hydrogen) atoms. The van der Waals surface area contributed by atoms with Gasteiger partial charge in [0.05, 0.1) is 11.1 Å². The second-order valence-electron chi connectivity index (χ2n) is 5.82. The Morgan fingerprint density at radius 2 is 1.85 bits per heavy atom. The first-order chi connectivity index (χ1) is 12.8. The maximum absolute atomic E-state index is 11.9. The molecule has 9 heteroatoms. The van der Waals surface area contributed by atoms with Crippen LogP contribution >= 0.6 is 23.2 Å². The number of aliphatic hydroxyl groups is 1. The highest BCUT2D eigenvalue weighted by Gasteiger charge is 2.46. The molecule has 0 aliphatic heterocycles. The first-order valence-corrected chi connectivity index (χ1v) is 8.61. The predicted molar refractivity (Wildman–Crippen MR) is 99.2 cm³/mol. The second-order valence-corrected chi connectivity index (χ2v) is 6.66. The Hall–Kier alpha value is -2.61. The first kappa shape index (κ1) is 19.2. The molecule has 0 amide bonds. The molecule has 0 aliphatic carbocycles. The average Bonchev–Trinajstić information content (AvgIpc) is 3.17. The third kappa shape index (κ3) is 3.75. The quantitative estimate of drug-likeness (QED) is 0.642. The van der Waals surface area contributed by atoms with Crippen molar-refractivity contribution >= 4 is 29.2 Å². The number of benzene rings is 2. The van der Waals surface area contributed by atoms with Crippen molar-refractivity contribution in [3.63, 3.8) is 0 Å². The summed E-state index contributed by atoms with van der Waals surface area (Å²) in [6, 6.07) is 10.1. The summed E-state index contributed by atoms with van der Waals surface area (Å²) in [6.07, 6.45) is 2.58. The molecule has 2 N–H and O–H groups in total. The molecular weight excluding hydrogens is 393 g/mol. The van der Waals surface area contributed by atoms with Gasteiger partial charge in [0.1, 0.15) is 24.2 Å². The molecule has 1 heterocycles. The second kappa shape index (κ2) is 7.56. The molecule has 0 radical (unpaired) electrons. The van der Waals surface area contributed by atoms with Crippen LogP contribution in [0.4, 0.5) is 0 Å². The topological polar surface area (TPSA) is 97.5 Å². The van der Waals surface area contributed by atoms with E-state index >= 15 is 0 Å². The molecule has 0 fully saturated rings. The lowest BCUT2D eigenvalue weighted by atomic mass is 9.87. The summed E-state index contributed by atoms with van der Waals surface area (Å²) in [5.74, 6) is -0.543. The monoisotopic (exact) mass is 407 g/mol. The Morgan fingerprint density at radius 1 is 1.19 bits per heavy atom. The number of aliphatic carboxylic acids is 1. The van der Waals surface area contributed by atoms with Crippen molar-refractivity contribution in [3.8, 4) is 11.5 Å². The molecule has 0 saturated carbocycles. The SMILES string of the molecule is CC(n1cncn1)C(O)(C(=O)O)c1ccc(Oc2ccc(Cl)cc2)cc1Cl. The van der Waals surface area contributed by atoms with Crippen molar-refractivity contribution in [3.05, 3.63) is 70.7 Å². The van der Waals surface area contributed by atoms with E-state index in [0.29, 0.717) is 16.5 Å². The number of carboxylic acids is 1. The van der Waals surface area contributed by atoms with Gasteiger partial charge >= 0.3 is 5.97 Å². The summed E-state index contributed by atoms with van der Waals surface area (Å²) in [5, 5.41) is 25.2. The van der Waals surface area contributed by atoms with Gasteiger partial charge in [0.15, 0.2) is 0 Å². The molecule has 0 bridgehead atoms.